The summed E-state index contributed by atoms with van der Waals surface area (Å²) in [4.78, 5) is 24.7. The number of hydrazone groups is 1. The summed E-state index contributed by atoms with van der Waals surface area (Å²) in [5, 5.41) is 4.39. The molecule has 39 heavy (non-hydrogen) atoms. The van der Waals surface area contributed by atoms with Gasteiger partial charge in [-0.1, -0.05) is 136 Å². The van der Waals surface area contributed by atoms with Crippen molar-refractivity contribution in [1.29, 1.82) is 0 Å². The Hall–Kier alpha value is -2.18. The first-order valence-electron chi connectivity index (χ1n) is 14.6. The molecule has 5 nitrogen and oxygen atoms in total. The zero-order valence-electron chi connectivity index (χ0n) is 23.4. The van der Waals surface area contributed by atoms with Crippen LogP contribution >= 0.6 is 27.5 Å². The number of amides is 1. The molecule has 0 unspecified atom stereocenters. The molecule has 1 amide bonds. The van der Waals surface area contributed by atoms with E-state index in [-0.39, 0.29) is 11.5 Å². The van der Waals surface area contributed by atoms with Gasteiger partial charge in [0.2, 0.25) is 5.91 Å². The largest absolute Gasteiger partial charge is 0.422 e. The molecule has 0 aliphatic carbocycles. The molecule has 7 heteroatoms. The fraction of sp³-hybridized carbons (Fsp3) is 0.531. The van der Waals surface area contributed by atoms with Crippen molar-refractivity contribution >= 4 is 45.6 Å². The van der Waals surface area contributed by atoms with E-state index < -0.39 is 5.97 Å². The normalized spacial score (nSPS) is 11.2. The number of nitrogens with zero attached hydrogens (tertiary/aromatic N) is 1. The Bertz CT molecular complexity index is 1030. The number of hydrogen-bond donors (Lipinski definition) is 1. The van der Waals surface area contributed by atoms with Gasteiger partial charge in [-0.2, -0.15) is 5.10 Å². The van der Waals surface area contributed by atoms with E-state index in [0.717, 1.165) is 17.3 Å². The van der Waals surface area contributed by atoms with Crippen LogP contribution in [0, 0.1) is 0 Å². The standard InChI is InChI=1S/C32H44BrClN2O3/c1-2-3-4-5-6-7-8-9-10-11-12-13-14-15-16-21-31(37)36-35-25-26-24-27(33)22-23-30(26)39-32(38)28-19-17-18-20-29(28)34/h17-20,22-25H,2-16,21H2,1H3,(H,36,37). The van der Waals surface area contributed by atoms with Crippen molar-refractivity contribution in [2.45, 2.75) is 110 Å². The number of unbranched alkanes of at least 4 members (excludes halogenated alkanes) is 14. The predicted molar refractivity (Wildman–Crippen MR) is 166 cm³/mol. The van der Waals surface area contributed by atoms with Crippen LogP contribution in [0.5, 0.6) is 5.75 Å². The number of hydrogen-bond acceptors (Lipinski definition) is 4. The molecular formula is C32H44BrClN2O3. The number of rotatable bonds is 20. The molecule has 1 N–H and O–H groups in total. The van der Waals surface area contributed by atoms with Crippen molar-refractivity contribution in [3.05, 3.63) is 63.1 Å². The van der Waals surface area contributed by atoms with Gasteiger partial charge in [-0.05, 0) is 36.8 Å². The number of carbonyl (C=O) groups is 2. The summed E-state index contributed by atoms with van der Waals surface area (Å²) in [6.07, 6.45) is 21.3. The molecule has 0 fully saturated rings. The van der Waals surface area contributed by atoms with Crippen molar-refractivity contribution in [3.63, 3.8) is 0 Å². The molecule has 0 aliphatic heterocycles. The Kier molecular flexibility index (Phi) is 17.5. The van der Waals surface area contributed by atoms with E-state index in [0.29, 0.717) is 22.8 Å². The number of halogens is 2. The molecule has 0 aliphatic rings. The van der Waals surface area contributed by atoms with Crippen molar-refractivity contribution in [1.82, 2.24) is 5.43 Å². The molecule has 2 rings (SSSR count). The van der Waals surface area contributed by atoms with Crippen LogP contribution in [0.3, 0.4) is 0 Å². The number of benzene rings is 2. The van der Waals surface area contributed by atoms with Crippen LogP contribution in [0.1, 0.15) is 126 Å². The van der Waals surface area contributed by atoms with Crippen LogP contribution in [0.25, 0.3) is 0 Å². The maximum absolute atomic E-state index is 12.5. The first-order valence-corrected chi connectivity index (χ1v) is 15.8. The molecule has 0 bridgehead atoms. The van der Waals surface area contributed by atoms with E-state index in [9.17, 15) is 9.59 Å². The minimum Gasteiger partial charge on any atom is -0.422 e. The van der Waals surface area contributed by atoms with E-state index in [1.165, 1.54) is 89.7 Å². The van der Waals surface area contributed by atoms with E-state index >= 15 is 0 Å². The highest BCUT2D eigenvalue weighted by Gasteiger charge is 2.14. The van der Waals surface area contributed by atoms with Gasteiger partial charge in [-0.25, -0.2) is 10.2 Å². The SMILES string of the molecule is CCCCCCCCCCCCCCCCCC(=O)NN=Cc1cc(Br)ccc1OC(=O)c1ccccc1Cl. The Labute approximate surface area is 248 Å². The first kappa shape index (κ1) is 33.0. The highest BCUT2D eigenvalue weighted by atomic mass is 79.9. The van der Waals surface area contributed by atoms with E-state index in [2.05, 4.69) is 33.4 Å². The summed E-state index contributed by atoms with van der Waals surface area (Å²) in [5.74, 6) is -0.358. The number of carbonyl (C=O) groups excluding carboxylic acids is 2. The van der Waals surface area contributed by atoms with Crippen LogP contribution < -0.4 is 10.2 Å². The van der Waals surface area contributed by atoms with Gasteiger partial charge in [0.05, 0.1) is 16.8 Å². The summed E-state index contributed by atoms with van der Waals surface area (Å²) < 4.78 is 6.33. The summed E-state index contributed by atoms with van der Waals surface area (Å²) in [7, 11) is 0. The fourth-order valence-corrected chi connectivity index (χ4v) is 4.97. The monoisotopic (exact) mass is 618 g/mol. The predicted octanol–water partition coefficient (Wildman–Crippen LogP) is 10.0. The van der Waals surface area contributed by atoms with Crippen LogP contribution in [0.4, 0.5) is 0 Å². The van der Waals surface area contributed by atoms with Gasteiger partial charge < -0.3 is 4.74 Å². The smallest absolute Gasteiger partial charge is 0.345 e. The summed E-state index contributed by atoms with van der Waals surface area (Å²) in [6.45, 7) is 2.27. The van der Waals surface area contributed by atoms with Gasteiger partial charge in [-0.3, -0.25) is 4.79 Å². The van der Waals surface area contributed by atoms with Crippen molar-refractivity contribution in [2.24, 2.45) is 5.10 Å². The molecule has 214 valence electrons. The van der Waals surface area contributed by atoms with Gasteiger partial charge >= 0.3 is 5.97 Å². The highest BCUT2D eigenvalue weighted by molar-refractivity contribution is 9.10. The summed E-state index contributed by atoms with van der Waals surface area (Å²) in [5.41, 5.74) is 3.41. The minimum absolute atomic E-state index is 0.120. The second kappa shape index (κ2) is 20.7. The quantitative estimate of drug-likeness (QED) is 0.0527. The Morgan fingerprint density at radius 3 is 2.00 bits per heavy atom. The maximum Gasteiger partial charge on any atom is 0.345 e. The second-order valence-electron chi connectivity index (χ2n) is 10.0. The molecular weight excluding hydrogens is 576 g/mol. The number of nitrogens with one attached hydrogen (secondary N) is 1. The molecule has 2 aromatic rings. The summed E-state index contributed by atoms with van der Waals surface area (Å²) >= 11 is 9.52. The summed E-state index contributed by atoms with van der Waals surface area (Å²) in [6, 6.07) is 11.9. The third kappa shape index (κ3) is 14.7. The third-order valence-electron chi connectivity index (χ3n) is 6.67. The fourth-order valence-electron chi connectivity index (χ4n) is 4.38. The lowest BCUT2D eigenvalue weighted by atomic mass is 10.0. The Morgan fingerprint density at radius 1 is 0.846 bits per heavy atom. The van der Waals surface area contributed by atoms with Crippen LogP contribution in [0.2, 0.25) is 5.02 Å². The maximum atomic E-state index is 12.5. The zero-order chi connectivity index (χ0) is 28.1. The Balaban J connectivity index is 1.58. The molecule has 0 heterocycles. The molecule has 2 aromatic carbocycles. The average molecular weight is 620 g/mol. The van der Waals surface area contributed by atoms with E-state index in [4.69, 9.17) is 16.3 Å². The van der Waals surface area contributed by atoms with Crippen molar-refractivity contribution in [2.75, 3.05) is 0 Å². The molecule has 0 atom stereocenters. The van der Waals surface area contributed by atoms with Crippen molar-refractivity contribution < 1.29 is 14.3 Å². The van der Waals surface area contributed by atoms with Crippen LogP contribution in [-0.4, -0.2) is 18.1 Å². The minimum atomic E-state index is -0.560. The van der Waals surface area contributed by atoms with E-state index in [1.807, 2.05) is 0 Å². The van der Waals surface area contributed by atoms with Gasteiger partial charge in [0.1, 0.15) is 5.75 Å². The van der Waals surface area contributed by atoms with Gasteiger partial charge in [0.25, 0.3) is 0 Å². The first-order chi connectivity index (χ1) is 19.0. The van der Waals surface area contributed by atoms with E-state index in [1.54, 1.807) is 42.5 Å². The third-order valence-corrected chi connectivity index (χ3v) is 7.49. The molecule has 0 saturated carbocycles. The second-order valence-corrected chi connectivity index (χ2v) is 11.4. The van der Waals surface area contributed by atoms with Gasteiger partial charge in [0, 0.05) is 16.5 Å². The average Bonchev–Trinajstić information content (AvgIpc) is 2.92. The van der Waals surface area contributed by atoms with Crippen LogP contribution in [-0.2, 0) is 4.79 Å². The topological polar surface area (TPSA) is 67.8 Å². The zero-order valence-corrected chi connectivity index (χ0v) is 25.7. The lowest BCUT2D eigenvalue weighted by Gasteiger charge is -2.09. The van der Waals surface area contributed by atoms with Gasteiger partial charge in [-0.15, -0.1) is 0 Å². The molecule has 0 saturated heterocycles. The number of ether oxygens (including phenoxy) is 1. The highest BCUT2D eigenvalue weighted by Crippen LogP contribution is 2.24. The number of esters is 1. The molecule has 0 spiro atoms. The van der Waals surface area contributed by atoms with Crippen LogP contribution in [0.15, 0.2) is 52.0 Å². The Morgan fingerprint density at radius 2 is 1.41 bits per heavy atom. The molecule has 0 aromatic heterocycles. The lowest BCUT2D eigenvalue weighted by Crippen LogP contribution is -2.17. The van der Waals surface area contributed by atoms with Gasteiger partial charge in [0.15, 0.2) is 0 Å². The van der Waals surface area contributed by atoms with Crippen molar-refractivity contribution in [3.8, 4) is 5.75 Å². The molecule has 0 radical (unpaired) electrons. The lowest BCUT2D eigenvalue weighted by molar-refractivity contribution is -0.121.